The van der Waals surface area contributed by atoms with E-state index in [1.54, 1.807) is 7.11 Å². The van der Waals surface area contributed by atoms with Crippen LogP contribution in [0.15, 0.2) is 0 Å². The van der Waals surface area contributed by atoms with Crippen molar-refractivity contribution in [3.8, 4) is 0 Å². The average Bonchev–Trinajstić information content (AvgIpc) is 2.26. The second kappa shape index (κ2) is 8.04. The molecule has 1 saturated carbocycles. The Labute approximate surface area is 99.9 Å². The molecule has 3 nitrogen and oxygen atoms in total. The normalized spacial score (nSPS) is 29.1. The molecule has 0 amide bonds. The Balaban J connectivity index is 2.05. The SMILES string of the molecule is CCCCCCNC1CC(OCC)C1OC. The van der Waals surface area contributed by atoms with Gasteiger partial charge in [-0.3, -0.25) is 0 Å². The average molecular weight is 229 g/mol. The maximum atomic E-state index is 5.59. The molecule has 0 bridgehead atoms. The van der Waals surface area contributed by atoms with E-state index in [0.717, 1.165) is 19.6 Å². The van der Waals surface area contributed by atoms with E-state index in [0.29, 0.717) is 12.1 Å². The second-order valence-electron chi connectivity index (χ2n) is 4.55. The molecule has 0 spiro atoms. The number of rotatable bonds is 9. The molecule has 0 heterocycles. The quantitative estimate of drug-likeness (QED) is 0.616. The lowest BCUT2D eigenvalue weighted by molar-refractivity contribution is -0.131. The van der Waals surface area contributed by atoms with Crippen molar-refractivity contribution in [1.29, 1.82) is 0 Å². The van der Waals surface area contributed by atoms with Crippen LogP contribution in [0.25, 0.3) is 0 Å². The van der Waals surface area contributed by atoms with Gasteiger partial charge < -0.3 is 14.8 Å². The molecule has 0 aromatic carbocycles. The predicted octanol–water partition coefficient (Wildman–Crippen LogP) is 2.35. The minimum Gasteiger partial charge on any atom is -0.377 e. The van der Waals surface area contributed by atoms with Crippen molar-refractivity contribution < 1.29 is 9.47 Å². The Bertz CT molecular complexity index is 175. The number of hydrogen-bond donors (Lipinski definition) is 1. The van der Waals surface area contributed by atoms with Gasteiger partial charge in [0.1, 0.15) is 0 Å². The molecule has 0 aromatic heterocycles. The minimum atomic E-state index is 0.256. The monoisotopic (exact) mass is 229 g/mol. The van der Waals surface area contributed by atoms with E-state index >= 15 is 0 Å². The Hall–Kier alpha value is -0.120. The Kier molecular flexibility index (Phi) is 7.01. The summed E-state index contributed by atoms with van der Waals surface area (Å²) in [7, 11) is 1.78. The highest BCUT2D eigenvalue weighted by atomic mass is 16.5. The first kappa shape index (κ1) is 13.9. The van der Waals surface area contributed by atoms with Gasteiger partial charge in [-0.05, 0) is 26.3 Å². The molecule has 1 aliphatic carbocycles. The van der Waals surface area contributed by atoms with Gasteiger partial charge in [-0.1, -0.05) is 26.2 Å². The van der Waals surface area contributed by atoms with Gasteiger partial charge in [0.05, 0.1) is 12.2 Å². The van der Waals surface area contributed by atoms with Gasteiger partial charge in [-0.2, -0.15) is 0 Å². The lowest BCUT2D eigenvalue weighted by atomic mass is 9.85. The second-order valence-corrected chi connectivity index (χ2v) is 4.55. The van der Waals surface area contributed by atoms with Crippen molar-refractivity contribution in [1.82, 2.24) is 5.32 Å². The fourth-order valence-corrected chi connectivity index (χ4v) is 2.31. The Morgan fingerprint density at radius 3 is 2.62 bits per heavy atom. The first-order valence-electron chi connectivity index (χ1n) is 6.71. The highest BCUT2D eigenvalue weighted by Gasteiger charge is 2.41. The zero-order valence-corrected chi connectivity index (χ0v) is 11.0. The van der Waals surface area contributed by atoms with Crippen molar-refractivity contribution in [3.05, 3.63) is 0 Å². The fraction of sp³-hybridized carbons (Fsp3) is 1.00. The standard InChI is InChI=1S/C13H27NO2/c1-4-6-7-8-9-14-11-10-12(16-5-2)13(11)15-3/h11-14H,4-10H2,1-3H3. The lowest BCUT2D eigenvalue weighted by Gasteiger charge is -2.43. The maximum Gasteiger partial charge on any atom is 0.0986 e. The highest BCUT2D eigenvalue weighted by Crippen LogP contribution is 2.26. The van der Waals surface area contributed by atoms with Crippen molar-refractivity contribution in [2.24, 2.45) is 0 Å². The van der Waals surface area contributed by atoms with E-state index in [-0.39, 0.29) is 6.10 Å². The van der Waals surface area contributed by atoms with Gasteiger partial charge >= 0.3 is 0 Å². The summed E-state index contributed by atoms with van der Waals surface area (Å²) in [6.07, 6.45) is 6.93. The number of methoxy groups -OCH3 is 1. The highest BCUT2D eigenvalue weighted by molar-refractivity contribution is 4.96. The van der Waals surface area contributed by atoms with Crippen molar-refractivity contribution in [2.45, 2.75) is 64.2 Å². The summed E-state index contributed by atoms with van der Waals surface area (Å²) in [6, 6.07) is 0.503. The molecule has 16 heavy (non-hydrogen) atoms. The van der Waals surface area contributed by atoms with E-state index in [9.17, 15) is 0 Å². The molecule has 1 N–H and O–H groups in total. The van der Waals surface area contributed by atoms with E-state index in [4.69, 9.17) is 9.47 Å². The third-order valence-electron chi connectivity index (χ3n) is 3.34. The number of nitrogens with one attached hydrogen (secondary N) is 1. The largest absolute Gasteiger partial charge is 0.377 e. The van der Waals surface area contributed by atoms with Crippen LogP contribution >= 0.6 is 0 Å². The summed E-state index contributed by atoms with van der Waals surface area (Å²) in [5.41, 5.74) is 0. The molecule has 1 aliphatic rings. The van der Waals surface area contributed by atoms with Crippen molar-refractivity contribution in [3.63, 3.8) is 0 Å². The summed E-state index contributed by atoms with van der Waals surface area (Å²) in [4.78, 5) is 0. The number of ether oxygens (including phenoxy) is 2. The molecule has 0 saturated heterocycles. The first-order chi connectivity index (χ1) is 7.83. The number of hydrogen-bond acceptors (Lipinski definition) is 3. The third-order valence-corrected chi connectivity index (χ3v) is 3.34. The van der Waals surface area contributed by atoms with Crippen LogP contribution in [0.3, 0.4) is 0 Å². The van der Waals surface area contributed by atoms with E-state index < -0.39 is 0 Å². The maximum absolute atomic E-state index is 5.59. The summed E-state index contributed by atoms with van der Waals surface area (Å²) >= 11 is 0. The van der Waals surface area contributed by atoms with E-state index in [1.165, 1.54) is 25.7 Å². The van der Waals surface area contributed by atoms with E-state index in [1.807, 2.05) is 6.92 Å². The van der Waals surface area contributed by atoms with E-state index in [2.05, 4.69) is 12.2 Å². The van der Waals surface area contributed by atoms with Gasteiger partial charge in [0.25, 0.3) is 0 Å². The molecule has 3 heteroatoms. The topological polar surface area (TPSA) is 30.5 Å². The smallest absolute Gasteiger partial charge is 0.0986 e. The van der Waals surface area contributed by atoms with Gasteiger partial charge in [0, 0.05) is 19.8 Å². The Morgan fingerprint density at radius 2 is 2.00 bits per heavy atom. The first-order valence-corrected chi connectivity index (χ1v) is 6.71. The molecule has 3 unspecified atom stereocenters. The van der Waals surface area contributed by atoms with Crippen molar-refractivity contribution in [2.75, 3.05) is 20.3 Å². The minimum absolute atomic E-state index is 0.256. The van der Waals surface area contributed by atoms with Gasteiger partial charge in [0.2, 0.25) is 0 Å². The van der Waals surface area contributed by atoms with Crippen LogP contribution < -0.4 is 5.32 Å². The zero-order chi connectivity index (χ0) is 11.8. The molecule has 1 fully saturated rings. The Morgan fingerprint density at radius 1 is 1.19 bits per heavy atom. The van der Waals surface area contributed by atoms with Crippen LogP contribution in [0, 0.1) is 0 Å². The molecular formula is C13H27NO2. The van der Waals surface area contributed by atoms with Crippen LogP contribution in [0.1, 0.15) is 46.0 Å². The number of unbranched alkanes of at least 4 members (excludes halogenated alkanes) is 3. The molecule has 1 rings (SSSR count). The van der Waals surface area contributed by atoms with Gasteiger partial charge in [-0.15, -0.1) is 0 Å². The van der Waals surface area contributed by atoms with Crippen LogP contribution in [0.4, 0.5) is 0 Å². The zero-order valence-electron chi connectivity index (χ0n) is 11.0. The lowest BCUT2D eigenvalue weighted by Crippen LogP contribution is -2.59. The third kappa shape index (κ3) is 4.04. The summed E-state index contributed by atoms with van der Waals surface area (Å²) in [5.74, 6) is 0. The summed E-state index contributed by atoms with van der Waals surface area (Å²) in [5, 5.41) is 3.56. The fourth-order valence-electron chi connectivity index (χ4n) is 2.31. The molecule has 96 valence electrons. The summed E-state index contributed by atoms with van der Waals surface area (Å²) < 4.78 is 11.0. The van der Waals surface area contributed by atoms with Crippen LogP contribution in [0.2, 0.25) is 0 Å². The molecule has 0 radical (unpaired) electrons. The van der Waals surface area contributed by atoms with Crippen LogP contribution in [0.5, 0.6) is 0 Å². The van der Waals surface area contributed by atoms with Crippen molar-refractivity contribution >= 4 is 0 Å². The predicted molar refractivity (Wildman–Crippen MR) is 66.8 cm³/mol. The van der Waals surface area contributed by atoms with Crippen LogP contribution in [-0.2, 0) is 9.47 Å². The van der Waals surface area contributed by atoms with Gasteiger partial charge in [-0.25, -0.2) is 0 Å². The van der Waals surface area contributed by atoms with Crippen LogP contribution in [-0.4, -0.2) is 38.5 Å². The molecule has 0 aromatic rings. The molecule has 3 atom stereocenters. The molecular weight excluding hydrogens is 202 g/mol. The summed E-state index contributed by atoms with van der Waals surface area (Å²) in [6.45, 7) is 6.18. The van der Waals surface area contributed by atoms with Gasteiger partial charge in [0.15, 0.2) is 0 Å². The molecule has 0 aliphatic heterocycles.